The SMILES string of the molecule is CN1C(=O)Cc2cc(CNC(=O)N3CCCC3C3CCCC3)ccc21. The van der Waals surface area contributed by atoms with Crippen molar-refractivity contribution in [1.29, 1.82) is 0 Å². The molecule has 3 aliphatic rings. The molecule has 1 saturated heterocycles. The van der Waals surface area contributed by atoms with Gasteiger partial charge >= 0.3 is 6.03 Å². The van der Waals surface area contributed by atoms with E-state index in [1.54, 1.807) is 4.90 Å². The highest BCUT2D eigenvalue weighted by Gasteiger charge is 2.35. The van der Waals surface area contributed by atoms with Gasteiger partial charge in [-0.2, -0.15) is 0 Å². The van der Waals surface area contributed by atoms with Crippen LogP contribution in [-0.4, -0.2) is 36.5 Å². The van der Waals surface area contributed by atoms with Gasteiger partial charge in [0.15, 0.2) is 0 Å². The number of anilines is 1. The minimum Gasteiger partial charge on any atom is -0.334 e. The Labute approximate surface area is 149 Å². The summed E-state index contributed by atoms with van der Waals surface area (Å²) >= 11 is 0. The summed E-state index contributed by atoms with van der Waals surface area (Å²) in [5, 5.41) is 3.10. The zero-order chi connectivity index (χ0) is 17.4. The molecule has 1 aromatic rings. The fraction of sp³-hybridized carbons (Fsp3) is 0.600. The van der Waals surface area contributed by atoms with E-state index >= 15 is 0 Å². The third-order valence-electron chi connectivity index (χ3n) is 6.17. The predicted molar refractivity (Wildman–Crippen MR) is 97.5 cm³/mol. The van der Waals surface area contributed by atoms with Crippen LogP contribution in [0.25, 0.3) is 0 Å². The Hall–Kier alpha value is -2.04. The maximum atomic E-state index is 12.7. The molecule has 1 aromatic carbocycles. The molecule has 134 valence electrons. The van der Waals surface area contributed by atoms with Crippen molar-refractivity contribution < 1.29 is 9.59 Å². The van der Waals surface area contributed by atoms with Gasteiger partial charge in [0, 0.05) is 31.9 Å². The highest BCUT2D eigenvalue weighted by Crippen LogP contribution is 2.35. The van der Waals surface area contributed by atoms with Crippen LogP contribution in [0.1, 0.15) is 49.7 Å². The van der Waals surface area contributed by atoms with Crippen LogP contribution in [0, 0.1) is 5.92 Å². The minimum absolute atomic E-state index is 0.0723. The van der Waals surface area contributed by atoms with Crippen LogP contribution in [0.4, 0.5) is 10.5 Å². The minimum atomic E-state index is 0.0723. The second-order valence-electron chi connectivity index (χ2n) is 7.70. The average molecular weight is 341 g/mol. The first-order chi connectivity index (χ1) is 12.1. The van der Waals surface area contributed by atoms with E-state index in [4.69, 9.17) is 0 Å². The monoisotopic (exact) mass is 341 g/mol. The maximum Gasteiger partial charge on any atom is 0.317 e. The smallest absolute Gasteiger partial charge is 0.317 e. The first-order valence-corrected chi connectivity index (χ1v) is 9.56. The van der Waals surface area contributed by atoms with Crippen LogP contribution in [0.15, 0.2) is 18.2 Å². The molecule has 1 unspecified atom stereocenters. The van der Waals surface area contributed by atoms with Gasteiger partial charge in [-0.15, -0.1) is 0 Å². The van der Waals surface area contributed by atoms with Crippen LogP contribution in [-0.2, 0) is 17.8 Å². The van der Waals surface area contributed by atoms with Gasteiger partial charge < -0.3 is 15.1 Å². The lowest BCUT2D eigenvalue weighted by atomic mass is 9.96. The van der Waals surface area contributed by atoms with E-state index in [-0.39, 0.29) is 11.9 Å². The molecule has 2 aliphatic heterocycles. The summed E-state index contributed by atoms with van der Waals surface area (Å²) in [6, 6.07) is 6.55. The maximum absolute atomic E-state index is 12.7. The molecule has 1 aliphatic carbocycles. The average Bonchev–Trinajstić information content (AvgIpc) is 3.33. The Morgan fingerprint density at radius 3 is 2.80 bits per heavy atom. The zero-order valence-electron chi connectivity index (χ0n) is 15.0. The van der Waals surface area contributed by atoms with Gasteiger partial charge in [0.2, 0.25) is 5.91 Å². The van der Waals surface area contributed by atoms with Crippen LogP contribution in [0.5, 0.6) is 0 Å². The molecule has 5 heteroatoms. The normalized spacial score (nSPS) is 23.4. The number of benzene rings is 1. The number of carbonyl (C=O) groups excluding carboxylic acids is 2. The number of rotatable bonds is 3. The van der Waals surface area contributed by atoms with Crippen molar-refractivity contribution in [2.45, 2.75) is 57.5 Å². The van der Waals surface area contributed by atoms with E-state index in [9.17, 15) is 9.59 Å². The summed E-state index contributed by atoms with van der Waals surface area (Å²) in [5.41, 5.74) is 3.11. The predicted octanol–water partition coefficient (Wildman–Crippen LogP) is 3.07. The van der Waals surface area contributed by atoms with Crippen molar-refractivity contribution in [3.05, 3.63) is 29.3 Å². The quantitative estimate of drug-likeness (QED) is 0.918. The summed E-state index contributed by atoms with van der Waals surface area (Å²) in [6.45, 7) is 1.41. The molecule has 3 amide bonds. The molecule has 0 bridgehead atoms. The highest BCUT2D eigenvalue weighted by atomic mass is 16.2. The first-order valence-electron chi connectivity index (χ1n) is 9.56. The van der Waals surface area contributed by atoms with Crippen molar-refractivity contribution in [2.24, 2.45) is 5.92 Å². The lowest BCUT2D eigenvalue weighted by Gasteiger charge is -2.29. The fourth-order valence-electron chi connectivity index (χ4n) is 4.79. The number of amides is 3. The summed E-state index contributed by atoms with van der Waals surface area (Å²) < 4.78 is 0. The standard InChI is InChI=1S/C20H27N3O2/c1-22-17-9-8-14(11-16(17)12-19(22)24)13-21-20(25)23-10-4-7-18(23)15-5-2-3-6-15/h8-9,11,15,18H,2-7,10,12-13H2,1H3,(H,21,25). The number of hydrogen-bond acceptors (Lipinski definition) is 2. The Balaban J connectivity index is 1.37. The van der Waals surface area contributed by atoms with E-state index in [0.717, 1.165) is 36.2 Å². The van der Waals surface area contributed by atoms with Gasteiger partial charge in [0.25, 0.3) is 0 Å². The van der Waals surface area contributed by atoms with Crippen LogP contribution in [0.3, 0.4) is 0 Å². The second kappa shape index (κ2) is 6.70. The fourth-order valence-corrected chi connectivity index (χ4v) is 4.79. The zero-order valence-corrected chi connectivity index (χ0v) is 15.0. The molecule has 2 heterocycles. The molecule has 0 radical (unpaired) electrons. The summed E-state index contributed by atoms with van der Waals surface area (Å²) in [5.74, 6) is 0.836. The number of likely N-dealkylation sites (tertiary alicyclic amines) is 1. The third kappa shape index (κ3) is 3.12. The van der Waals surface area contributed by atoms with E-state index in [1.165, 1.54) is 25.7 Å². The summed E-state index contributed by atoms with van der Waals surface area (Å²) in [4.78, 5) is 28.2. The van der Waals surface area contributed by atoms with Gasteiger partial charge in [0.1, 0.15) is 0 Å². The molecule has 1 atom stereocenters. The Kier molecular flexibility index (Phi) is 4.40. The van der Waals surface area contributed by atoms with Crippen molar-refractivity contribution in [1.82, 2.24) is 10.2 Å². The Morgan fingerprint density at radius 1 is 1.20 bits per heavy atom. The molecule has 4 rings (SSSR count). The van der Waals surface area contributed by atoms with Crippen molar-refractivity contribution in [3.8, 4) is 0 Å². The third-order valence-corrected chi connectivity index (χ3v) is 6.17. The van der Waals surface area contributed by atoms with Gasteiger partial charge in [-0.25, -0.2) is 4.79 Å². The van der Waals surface area contributed by atoms with Gasteiger partial charge in [0.05, 0.1) is 6.42 Å². The molecule has 1 N–H and O–H groups in total. The molecular weight excluding hydrogens is 314 g/mol. The van der Waals surface area contributed by atoms with Crippen LogP contribution in [0.2, 0.25) is 0 Å². The Bertz CT molecular complexity index is 682. The van der Waals surface area contributed by atoms with E-state index < -0.39 is 0 Å². The summed E-state index contributed by atoms with van der Waals surface area (Å²) in [6.07, 6.45) is 7.94. The second-order valence-corrected chi connectivity index (χ2v) is 7.70. The lowest BCUT2D eigenvalue weighted by molar-refractivity contribution is -0.117. The number of likely N-dealkylation sites (N-methyl/N-ethyl adjacent to an activating group) is 1. The Morgan fingerprint density at radius 2 is 2.00 bits per heavy atom. The highest BCUT2D eigenvalue weighted by molar-refractivity contribution is 6.00. The number of hydrogen-bond donors (Lipinski definition) is 1. The molecule has 5 nitrogen and oxygen atoms in total. The largest absolute Gasteiger partial charge is 0.334 e. The number of fused-ring (bicyclic) bond motifs is 1. The van der Waals surface area contributed by atoms with Crippen molar-refractivity contribution in [3.63, 3.8) is 0 Å². The van der Waals surface area contributed by atoms with E-state index in [1.807, 2.05) is 19.2 Å². The molecule has 0 spiro atoms. The van der Waals surface area contributed by atoms with Gasteiger partial charge in [-0.3, -0.25) is 4.79 Å². The number of nitrogens with zero attached hydrogens (tertiary/aromatic N) is 2. The number of nitrogens with one attached hydrogen (secondary N) is 1. The molecular formula is C20H27N3O2. The first kappa shape index (κ1) is 16.4. The topological polar surface area (TPSA) is 52.7 Å². The molecule has 1 saturated carbocycles. The number of carbonyl (C=O) groups is 2. The summed E-state index contributed by atoms with van der Waals surface area (Å²) in [7, 11) is 1.81. The molecule has 0 aromatic heterocycles. The van der Waals surface area contributed by atoms with Crippen LogP contribution >= 0.6 is 0 Å². The van der Waals surface area contributed by atoms with E-state index in [2.05, 4.69) is 16.3 Å². The number of urea groups is 1. The lowest BCUT2D eigenvalue weighted by Crippen LogP contribution is -2.45. The van der Waals surface area contributed by atoms with Crippen LogP contribution < -0.4 is 10.2 Å². The molecule has 2 fully saturated rings. The van der Waals surface area contributed by atoms with Gasteiger partial charge in [-0.1, -0.05) is 25.0 Å². The van der Waals surface area contributed by atoms with E-state index in [0.29, 0.717) is 24.9 Å². The molecule has 25 heavy (non-hydrogen) atoms. The van der Waals surface area contributed by atoms with Gasteiger partial charge in [-0.05, 0) is 48.8 Å². The van der Waals surface area contributed by atoms with Crippen molar-refractivity contribution >= 4 is 17.6 Å². The van der Waals surface area contributed by atoms with Crippen molar-refractivity contribution in [2.75, 3.05) is 18.5 Å².